The summed E-state index contributed by atoms with van der Waals surface area (Å²) in [6.45, 7) is 0. The van der Waals surface area contributed by atoms with Crippen LogP contribution in [0.2, 0.25) is 5.02 Å². The summed E-state index contributed by atoms with van der Waals surface area (Å²) in [5, 5.41) is 7.36. The van der Waals surface area contributed by atoms with E-state index in [9.17, 15) is 18.0 Å². The first kappa shape index (κ1) is 15.6. The highest BCUT2D eigenvalue weighted by molar-refractivity contribution is 6.32. The Balaban J connectivity index is 2.23. The minimum atomic E-state index is -4.64. The molecule has 4 aromatic rings. The zero-order valence-corrected chi connectivity index (χ0v) is 13.1. The van der Waals surface area contributed by atoms with Gasteiger partial charge in [-0.25, -0.2) is 4.98 Å². The number of nitrogens with one attached hydrogen (secondary N) is 1. The van der Waals surface area contributed by atoms with Crippen molar-refractivity contribution in [3.63, 3.8) is 0 Å². The van der Waals surface area contributed by atoms with Crippen molar-refractivity contribution in [2.45, 2.75) is 6.18 Å². The Morgan fingerprint density at radius 1 is 1.08 bits per heavy atom. The molecule has 0 radical (unpaired) electrons. The first-order chi connectivity index (χ1) is 11.9. The number of fused-ring (bicyclic) bond motifs is 3. The van der Waals surface area contributed by atoms with Gasteiger partial charge in [0.15, 0.2) is 0 Å². The number of aromatic amines is 1. The summed E-state index contributed by atoms with van der Waals surface area (Å²) < 4.78 is 40.3. The van der Waals surface area contributed by atoms with Crippen LogP contribution in [0, 0.1) is 0 Å². The smallest absolute Gasteiger partial charge is 0.272 e. The van der Waals surface area contributed by atoms with Crippen LogP contribution in [-0.2, 0) is 6.18 Å². The molecule has 9 heteroatoms. The fraction of sp³-hybridized carbons (Fsp3) is 0.0625. The van der Waals surface area contributed by atoms with Crippen LogP contribution in [0.3, 0.4) is 0 Å². The molecule has 4 rings (SSSR count). The first-order valence-electron chi connectivity index (χ1n) is 7.09. The average molecular weight is 365 g/mol. The largest absolute Gasteiger partial charge is 0.433 e. The summed E-state index contributed by atoms with van der Waals surface area (Å²) in [6.07, 6.45) is -3.26. The van der Waals surface area contributed by atoms with Crippen LogP contribution < -0.4 is 5.56 Å². The van der Waals surface area contributed by atoms with Crippen molar-refractivity contribution in [2.24, 2.45) is 0 Å². The fourth-order valence-corrected chi connectivity index (χ4v) is 2.93. The van der Waals surface area contributed by atoms with Gasteiger partial charge in [-0.2, -0.15) is 18.3 Å². The molecule has 3 heterocycles. The predicted molar refractivity (Wildman–Crippen MR) is 87.0 cm³/mol. The van der Waals surface area contributed by atoms with Gasteiger partial charge < -0.3 is 0 Å². The average Bonchev–Trinajstić information content (AvgIpc) is 3.05. The number of hydrogen-bond donors (Lipinski definition) is 1. The van der Waals surface area contributed by atoms with E-state index >= 15 is 0 Å². The number of benzene rings is 1. The third-order valence-corrected chi connectivity index (χ3v) is 4.14. The number of alkyl halides is 3. The maximum atomic E-state index is 13.1. The number of hydrogen-bond acceptors (Lipinski definition) is 3. The van der Waals surface area contributed by atoms with E-state index < -0.39 is 17.4 Å². The van der Waals surface area contributed by atoms with Gasteiger partial charge in [0.05, 0.1) is 16.9 Å². The van der Waals surface area contributed by atoms with Crippen LogP contribution in [0.25, 0.3) is 27.6 Å². The van der Waals surface area contributed by atoms with E-state index in [0.29, 0.717) is 10.8 Å². The number of pyridine rings is 2. The van der Waals surface area contributed by atoms with Gasteiger partial charge in [0.2, 0.25) is 0 Å². The molecule has 0 aliphatic carbocycles. The highest BCUT2D eigenvalue weighted by atomic mass is 35.5. The van der Waals surface area contributed by atoms with Crippen LogP contribution in [0.5, 0.6) is 0 Å². The summed E-state index contributed by atoms with van der Waals surface area (Å²) in [4.78, 5) is 16.5. The van der Waals surface area contributed by atoms with Crippen LogP contribution in [0.1, 0.15) is 5.69 Å². The van der Waals surface area contributed by atoms with Gasteiger partial charge in [-0.05, 0) is 24.3 Å². The van der Waals surface area contributed by atoms with Gasteiger partial charge in [0, 0.05) is 10.8 Å². The van der Waals surface area contributed by atoms with E-state index in [2.05, 4.69) is 15.2 Å². The van der Waals surface area contributed by atoms with E-state index in [1.807, 2.05) is 0 Å². The quantitative estimate of drug-likeness (QED) is 0.556. The second-order valence-corrected chi connectivity index (χ2v) is 5.72. The zero-order chi connectivity index (χ0) is 17.8. The van der Waals surface area contributed by atoms with Gasteiger partial charge in [0.25, 0.3) is 5.56 Å². The molecule has 126 valence electrons. The van der Waals surface area contributed by atoms with E-state index in [0.717, 1.165) is 10.6 Å². The molecule has 0 saturated heterocycles. The standard InChI is InChI=1S/C16H8ClF3N4O/c17-10-3-1-2-4-11(10)24-14-8(5-6-12(22-14)16(18,19)20)9-7-21-23-13(9)15(24)25/h1-7H,(H,21,23). The van der Waals surface area contributed by atoms with Crippen molar-refractivity contribution in [1.29, 1.82) is 0 Å². The van der Waals surface area contributed by atoms with Gasteiger partial charge >= 0.3 is 6.18 Å². The normalized spacial score (nSPS) is 12.2. The first-order valence-corrected chi connectivity index (χ1v) is 7.46. The molecule has 0 aliphatic rings. The Bertz CT molecular complexity index is 1180. The molecular weight excluding hydrogens is 357 g/mol. The van der Waals surface area contributed by atoms with E-state index in [-0.39, 0.29) is 21.9 Å². The number of aromatic nitrogens is 4. The topological polar surface area (TPSA) is 63.6 Å². The van der Waals surface area contributed by atoms with Crippen LogP contribution in [-0.4, -0.2) is 19.7 Å². The Labute approximate surface area is 142 Å². The Morgan fingerprint density at radius 3 is 2.56 bits per heavy atom. The van der Waals surface area contributed by atoms with Gasteiger partial charge in [-0.3, -0.25) is 14.5 Å². The Morgan fingerprint density at radius 2 is 1.84 bits per heavy atom. The van der Waals surface area contributed by atoms with Crippen molar-refractivity contribution >= 4 is 33.5 Å². The molecule has 3 aromatic heterocycles. The van der Waals surface area contributed by atoms with Crippen molar-refractivity contribution in [3.8, 4) is 5.69 Å². The van der Waals surface area contributed by atoms with E-state index in [4.69, 9.17) is 11.6 Å². The number of rotatable bonds is 1. The highest BCUT2D eigenvalue weighted by Crippen LogP contribution is 2.31. The molecule has 1 aromatic carbocycles. The maximum absolute atomic E-state index is 13.1. The van der Waals surface area contributed by atoms with Crippen molar-refractivity contribution in [2.75, 3.05) is 0 Å². The number of halogens is 4. The lowest BCUT2D eigenvalue weighted by atomic mass is 10.1. The number of nitrogens with zero attached hydrogens (tertiary/aromatic N) is 3. The molecular formula is C16H8ClF3N4O. The Hall–Kier alpha value is -2.87. The minimum Gasteiger partial charge on any atom is -0.272 e. The van der Waals surface area contributed by atoms with Crippen LogP contribution in [0.4, 0.5) is 13.2 Å². The lowest BCUT2D eigenvalue weighted by Crippen LogP contribution is -2.21. The molecule has 0 saturated carbocycles. The lowest BCUT2D eigenvalue weighted by molar-refractivity contribution is -0.141. The predicted octanol–water partition coefficient (Wildman–Crippen LogP) is 3.93. The third-order valence-electron chi connectivity index (χ3n) is 3.82. The molecule has 0 bridgehead atoms. The monoisotopic (exact) mass is 364 g/mol. The lowest BCUT2D eigenvalue weighted by Gasteiger charge is -2.13. The Kier molecular flexibility index (Phi) is 3.33. The summed E-state index contributed by atoms with van der Waals surface area (Å²) in [5.41, 5.74) is -1.42. The van der Waals surface area contributed by atoms with E-state index in [1.165, 1.54) is 18.3 Å². The van der Waals surface area contributed by atoms with Crippen molar-refractivity contribution in [3.05, 3.63) is 63.7 Å². The molecule has 25 heavy (non-hydrogen) atoms. The van der Waals surface area contributed by atoms with Crippen molar-refractivity contribution in [1.82, 2.24) is 19.7 Å². The van der Waals surface area contributed by atoms with Crippen LogP contribution in [0.15, 0.2) is 47.4 Å². The molecule has 0 unspecified atom stereocenters. The van der Waals surface area contributed by atoms with E-state index in [1.54, 1.807) is 18.2 Å². The van der Waals surface area contributed by atoms with Crippen LogP contribution >= 0.6 is 11.6 Å². The molecule has 0 aliphatic heterocycles. The van der Waals surface area contributed by atoms with Crippen molar-refractivity contribution < 1.29 is 13.2 Å². The summed E-state index contributed by atoms with van der Waals surface area (Å²) >= 11 is 6.15. The SMILES string of the molecule is O=c1c2[nH]ncc2c2ccc(C(F)(F)F)nc2n1-c1ccccc1Cl. The second-order valence-electron chi connectivity index (χ2n) is 5.32. The van der Waals surface area contributed by atoms with Gasteiger partial charge in [-0.1, -0.05) is 23.7 Å². The minimum absolute atomic E-state index is 0.137. The number of para-hydroxylation sites is 1. The molecule has 5 nitrogen and oxygen atoms in total. The summed E-state index contributed by atoms with van der Waals surface area (Å²) in [5.74, 6) is 0. The summed E-state index contributed by atoms with van der Waals surface area (Å²) in [6, 6.07) is 8.51. The summed E-state index contributed by atoms with van der Waals surface area (Å²) in [7, 11) is 0. The fourth-order valence-electron chi connectivity index (χ4n) is 2.70. The van der Waals surface area contributed by atoms with Gasteiger partial charge in [0.1, 0.15) is 16.9 Å². The number of H-pyrrole nitrogens is 1. The molecule has 0 amide bonds. The second kappa shape index (κ2) is 5.32. The zero-order valence-electron chi connectivity index (χ0n) is 12.3. The molecule has 0 atom stereocenters. The molecule has 1 N–H and O–H groups in total. The molecule has 0 fully saturated rings. The highest BCUT2D eigenvalue weighted by Gasteiger charge is 2.33. The third kappa shape index (κ3) is 2.37. The van der Waals surface area contributed by atoms with Gasteiger partial charge in [-0.15, -0.1) is 0 Å². The maximum Gasteiger partial charge on any atom is 0.433 e. The molecule has 0 spiro atoms.